The molecule has 0 bridgehead atoms. The monoisotopic (exact) mass is 230 g/mol. The molecule has 2 atom stereocenters. The summed E-state index contributed by atoms with van der Waals surface area (Å²) in [6.07, 6.45) is 2.46. The SMILES string of the molecule is C=CC(=O)OCC(O)COCC1CCCO1. The summed E-state index contributed by atoms with van der Waals surface area (Å²) in [7, 11) is 0. The van der Waals surface area contributed by atoms with Crippen molar-refractivity contribution >= 4 is 5.97 Å². The second kappa shape index (κ2) is 7.38. The second-order valence-corrected chi connectivity index (χ2v) is 3.66. The minimum atomic E-state index is -0.801. The fraction of sp³-hybridized carbons (Fsp3) is 0.727. The van der Waals surface area contributed by atoms with Crippen molar-refractivity contribution in [3.8, 4) is 0 Å². The quantitative estimate of drug-likeness (QED) is 0.502. The molecular formula is C11H18O5. The number of ether oxygens (including phenoxy) is 3. The van der Waals surface area contributed by atoms with Crippen molar-refractivity contribution in [2.75, 3.05) is 26.4 Å². The Morgan fingerprint density at radius 3 is 3.06 bits per heavy atom. The van der Waals surface area contributed by atoms with Crippen molar-refractivity contribution in [3.05, 3.63) is 12.7 Å². The predicted octanol–water partition coefficient (Wildman–Crippen LogP) is 0.272. The van der Waals surface area contributed by atoms with Gasteiger partial charge in [0.2, 0.25) is 0 Å². The van der Waals surface area contributed by atoms with Gasteiger partial charge in [-0.1, -0.05) is 6.58 Å². The normalized spacial score (nSPS) is 21.7. The molecular weight excluding hydrogens is 212 g/mol. The van der Waals surface area contributed by atoms with Gasteiger partial charge in [-0.05, 0) is 12.8 Å². The molecule has 0 aromatic carbocycles. The summed E-state index contributed by atoms with van der Waals surface area (Å²) in [6.45, 7) is 4.58. The lowest BCUT2D eigenvalue weighted by atomic mass is 10.2. The highest BCUT2D eigenvalue weighted by molar-refractivity contribution is 5.81. The van der Waals surface area contributed by atoms with E-state index in [-0.39, 0.29) is 19.3 Å². The molecule has 92 valence electrons. The summed E-state index contributed by atoms with van der Waals surface area (Å²) in [6, 6.07) is 0. The van der Waals surface area contributed by atoms with E-state index in [9.17, 15) is 9.90 Å². The zero-order valence-corrected chi connectivity index (χ0v) is 9.26. The van der Waals surface area contributed by atoms with Crippen molar-refractivity contribution < 1.29 is 24.1 Å². The highest BCUT2D eigenvalue weighted by Gasteiger charge is 2.16. The van der Waals surface area contributed by atoms with Gasteiger partial charge >= 0.3 is 5.97 Å². The molecule has 1 rings (SSSR count). The first-order valence-corrected chi connectivity index (χ1v) is 5.39. The number of hydrogen-bond donors (Lipinski definition) is 1. The van der Waals surface area contributed by atoms with Gasteiger partial charge in [0.05, 0.1) is 19.3 Å². The number of aliphatic hydroxyl groups excluding tert-OH is 1. The molecule has 0 aliphatic carbocycles. The van der Waals surface area contributed by atoms with Crippen LogP contribution in [0.3, 0.4) is 0 Å². The van der Waals surface area contributed by atoms with Crippen molar-refractivity contribution in [1.82, 2.24) is 0 Å². The second-order valence-electron chi connectivity index (χ2n) is 3.66. The molecule has 2 unspecified atom stereocenters. The zero-order valence-electron chi connectivity index (χ0n) is 9.26. The smallest absolute Gasteiger partial charge is 0.330 e. The van der Waals surface area contributed by atoms with E-state index in [2.05, 4.69) is 11.3 Å². The van der Waals surface area contributed by atoms with Gasteiger partial charge in [-0.3, -0.25) is 0 Å². The summed E-state index contributed by atoms with van der Waals surface area (Å²) in [4.78, 5) is 10.7. The van der Waals surface area contributed by atoms with E-state index >= 15 is 0 Å². The number of esters is 1. The van der Waals surface area contributed by atoms with Crippen LogP contribution in [0.5, 0.6) is 0 Å². The standard InChI is InChI=1S/C11H18O5/c1-2-11(13)16-7-9(12)6-14-8-10-4-3-5-15-10/h2,9-10,12H,1,3-8H2. The average Bonchev–Trinajstić information content (AvgIpc) is 2.79. The van der Waals surface area contributed by atoms with E-state index in [4.69, 9.17) is 9.47 Å². The highest BCUT2D eigenvalue weighted by atomic mass is 16.6. The van der Waals surface area contributed by atoms with Crippen LogP contribution in [-0.4, -0.2) is 49.7 Å². The summed E-state index contributed by atoms with van der Waals surface area (Å²) < 4.78 is 15.3. The van der Waals surface area contributed by atoms with Crippen LogP contribution in [0.4, 0.5) is 0 Å². The molecule has 0 saturated carbocycles. The van der Waals surface area contributed by atoms with Gasteiger partial charge in [-0.15, -0.1) is 0 Å². The van der Waals surface area contributed by atoms with E-state index < -0.39 is 12.1 Å². The van der Waals surface area contributed by atoms with Crippen LogP contribution in [0.2, 0.25) is 0 Å². The van der Waals surface area contributed by atoms with E-state index in [0.717, 1.165) is 25.5 Å². The Labute approximate surface area is 95.0 Å². The highest BCUT2D eigenvalue weighted by Crippen LogP contribution is 2.11. The molecule has 1 N–H and O–H groups in total. The van der Waals surface area contributed by atoms with Crippen LogP contribution in [0.1, 0.15) is 12.8 Å². The molecule has 0 spiro atoms. The van der Waals surface area contributed by atoms with Crippen molar-refractivity contribution in [2.45, 2.75) is 25.0 Å². The van der Waals surface area contributed by atoms with E-state index in [1.54, 1.807) is 0 Å². The van der Waals surface area contributed by atoms with Crippen LogP contribution in [0.15, 0.2) is 12.7 Å². The lowest BCUT2D eigenvalue weighted by Crippen LogP contribution is -2.25. The topological polar surface area (TPSA) is 65.0 Å². The molecule has 5 nitrogen and oxygen atoms in total. The molecule has 0 aromatic rings. The van der Waals surface area contributed by atoms with Gasteiger partial charge in [0.1, 0.15) is 12.7 Å². The van der Waals surface area contributed by atoms with Gasteiger partial charge in [0, 0.05) is 12.7 Å². The van der Waals surface area contributed by atoms with Crippen LogP contribution in [0.25, 0.3) is 0 Å². The maximum Gasteiger partial charge on any atom is 0.330 e. The lowest BCUT2D eigenvalue weighted by Gasteiger charge is -2.13. The summed E-state index contributed by atoms with van der Waals surface area (Å²) >= 11 is 0. The Morgan fingerprint density at radius 2 is 2.44 bits per heavy atom. The van der Waals surface area contributed by atoms with Crippen molar-refractivity contribution in [1.29, 1.82) is 0 Å². The van der Waals surface area contributed by atoms with E-state index in [1.807, 2.05) is 0 Å². The minimum absolute atomic E-state index is 0.0730. The Hall–Kier alpha value is -0.910. The molecule has 1 fully saturated rings. The third kappa shape index (κ3) is 5.25. The van der Waals surface area contributed by atoms with Crippen LogP contribution < -0.4 is 0 Å². The molecule has 0 radical (unpaired) electrons. The summed E-state index contributed by atoms with van der Waals surface area (Å²) in [5, 5.41) is 9.39. The first-order valence-electron chi connectivity index (χ1n) is 5.39. The van der Waals surface area contributed by atoms with Crippen LogP contribution in [0, 0.1) is 0 Å². The van der Waals surface area contributed by atoms with Gasteiger partial charge in [-0.25, -0.2) is 4.79 Å². The Kier molecular flexibility index (Phi) is 6.07. The Bertz CT molecular complexity index is 222. The number of hydrogen-bond acceptors (Lipinski definition) is 5. The fourth-order valence-corrected chi connectivity index (χ4v) is 1.40. The molecule has 0 aromatic heterocycles. The largest absolute Gasteiger partial charge is 0.460 e. The van der Waals surface area contributed by atoms with Gasteiger partial charge < -0.3 is 19.3 Å². The van der Waals surface area contributed by atoms with Crippen molar-refractivity contribution in [3.63, 3.8) is 0 Å². The van der Waals surface area contributed by atoms with Gasteiger partial charge in [0.25, 0.3) is 0 Å². The first-order chi connectivity index (χ1) is 7.72. The molecule has 1 heterocycles. The number of aliphatic hydroxyl groups is 1. The molecule has 1 saturated heterocycles. The maximum atomic E-state index is 10.7. The first kappa shape index (κ1) is 13.2. The average molecular weight is 230 g/mol. The van der Waals surface area contributed by atoms with Crippen LogP contribution in [-0.2, 0) is 19.0 Å². The molecule has 1 aliphatic heterocycles. The predicted molar refractivity (Wildman–Crippen MR) is 57.0 cm³/mol. The Morgan fingerprint density at radius 1 is 1.62 bits per heavy atom. The van der Waals surface area contributed by atoms with Gasteiger partial charge in [0.15, 0.2) is 0 Å². The fourth-order valence-electron chi connectivity index (χ4n) is 1.40. The maximum absolute atomic E-state index is 10.7. The lowest BCUT2D eigenvalue weighted by molar-refractivity contribution is -0.142. The molecule has 1 aliphatic rings. The third-order valence-electron chi connectivity index (χ3n) is 2.22. The number of carbonyl (C=O) groups excluding carboxylic acids is 1. The zero-order chi connectivity index (χ0) is 11.8. The van der Waals surface area contributed by atoms with Gasteiger partial charge in [-0.2, -0.15) is 0 Å². The van der Waals surface area contributed by atoms with E-state index in [1.165, 1.54) is 0 Å². The summed E-state index contributed by atoms with van der Waals surface area (Å²) in [5.41, 5.74) is 0. The molecule has 5 heteroatoms. The van der Waals surface area contributed by atoms with Crippen LogP contribution >= 0.6 is 0 Å². The number of carbonyl (C=O) groups is 1. The van der Waals surface area contributed by atoms with Crippen molar-refractivity contribution in [2.24, 2.45) is 0 Å². The number of rotatable bonds is 7. The summed E-state index contributed by atoms with van der Waals surface area (Å²) in [5.74, 6) is -0.543. The molecule has 16 heavy (non-hydrogen) atoms. The molecule has 0 amide bonds. The minimum Gasteiger partial charge on any atom is -0.460 e. The third-order valence-corrected chi connectivity index (χ3v) is 2.22. The Balaban J connectivity index is 1.98. The van der Waals surface area contributed by atoms with E-state index in [0.29, 0.717) is 6.61 Å².